The number of carbonyl (C=O) groups excluding carboxylic acids is 1. The summed E-state index contributed by atoms with van der Waals surface area (Å²) in [7, 11) is -3.88. The number of anilines is 1. The second-order valence-electron chi connectivity index (χ2n) is 5.32. The monoisotopic (exact) mass is 365 g/mol. The number of benzene rings is 1. The summed E-state index contributed by atoms with van der Waals surface area (Å²) in [5, 5.41) is 0. The zero-order chi connectivity index (χ0) is 18.4. The maximum Gasteiger partial charge on any atom is 0.263 e. The van der Waals surface area contributed by atoms with Gasteiger partial charge in [-0.1, -0.05) is 6.07 Å². The number of amides is 1. The number of rotatable bonds is 7. The minimum Gasteiger partial charge on any atom is -0.343 e. The highest BCUT2D eigenvalue weighted by Gasteiger charge is 2.16. The van der Waals surface area contributed by atoms with Gasteiger partial charge in [-0.2, -0.15) is 0 Å². The Labute approximate surface area is 146 Å². The zero-order valence-corrected chi connectivity index (χ0v) is 14.9. The molecule has 0 aliphatic rings. The van der Waals surface area contributed by atoms with Crippen molar-refractivity contribution in [1.82, 2.24) is 9.88 Å². The van der Waals surface area contributed by atoms with Gasteiger partial charge in [0, 0.05) is 13.1 Å². The lowest BCUT2D eigenvalue weighted by Gasteiger charge is -2.18. The molecular formula is C17H20FN3O3S. The molecule has 8 heteroatoms. The number of aromatic nitrogens is 1. The number of hydrogen-bond donors (Lipinski definition) is 1. The molecular weight excluding hydrogens is 345 g/mol. The van der Waals surface area contributed by atoms with Crippen LogP contribution in [0.4, 0.5) is 10.2 Å². The predicted octanol–water partition coefficient (Wildman–Crippen LogP) is 2.43. The number of pyridine rings is 1. The van der Waals surface area contributed by atoms with Gasteiger partial charge in [-0.05, 0) is 50.2 Å². The van der Waals surface area contributed by atoms with E-state index in [9.17, 15) is 17.6 Å². The molecule has 0 atom stereocenters. The number of likely N-dealkylation sites (N-methyl/N-ethyl adjacent to an activating group) is 1. The number of hydrogen-bond acceptors (Lipinski definition) is 4. The van der Waals surface area contributed by atoms with Crippen LogP contribution in [0.2, 0.25) is 0 Å². The highest BCUT2D eigenvalue weighted by Crippen LogP contribution is 2.15. The van der Waals surface area contributed by atoms with Crippen LogP contribution in [0, 0.1) is 5.82 Å². The minimum absolute atomic E-state index is 0.0691. The first-order valence-electron chi connectivity index (χ1n) is 7.87. The molecule has 1 amide bonds. The molecule has 1 N–H and O–H groups in total. The van der Waals surface area contributed by atoms with E-state index in [0.29, 0.717) is 18.8 Å². The van der Waals surface area contributed by atoms with Crippen LogP contribution in [0.25, 0.3) is 0 Å². The van der Waals surface area contributed by atoms with Gasteiger partial charge in [0.15, 0.2) is 0 Å². The number of carbonyl (C=O) groups is 1. The normalized spacial score (nSPS) is 11.2. The molecule has 1 heterocycles. The van der Waals surface area contributed by atoms with Crippen LogP contribution >= 0.6 is 0 Å². The summed E-state index contributed by atoms with van der Waals surface area (Å²) in [6.45, 7) is 4.99. The SMILES string of the molecule is CCN(CC)C(=O)Cc1cccc(NS(=O)(=O)c2ccc(F)cc2)n1. The van der Waals surface area contributed by atoms with E-state index in [0.717, 1.165) is 12.1 Å². The van der Waals surface area contributed by atoms with E-state index in [-0.39, 0.29) is 23.0 Å². The molecule has 0 saturated carbocycles. The third-order valence-corrected chi connectivity index (χ3v) is 4.99. The molecule has 25 heavy (non-hydrogen) atoms. The smallest absolute Gasteiger partial charge is 0.263 e. The summed E-state index contributed by atoms with van der Waals surface area (Å²) < 4.78 is 39.9. The van der Waals surface area contributed by atoms with Crippen LogP contribution in [0.5, 0.6) is 0 Å². The summed E-state index contributed by atoms with van der Waals surface area (Å²) in [5.41, 5.74) is 0.469. The van der Waals surface area contributed by atoms with Crippen molar-refractivity contribution in [2.75, 3.05) is 17.8 Å². The topological polar surface area (TPSA) is 79.4 Å². The Morgan fingerprint density at radius 3 is 2.36 bits per heavy atom. The fraction of sp³-hybridized carbons (Fsp3) is 0.294. The minimum atomic E-state index is -3.88. The van der Waals surface area contributed by atoms with Gasteiger partial charge in [-0.25, -0.2) is 17.8 Å². The predicted molar refractivity (Wildman–Crippen MR) is 93.1 cm³/mol. The summed E-state index contributed by atoms with van der Waals surface area (Å²) in [5.74, 6) is -0.487. The highest BCUT2D eigenvalue weighted by atomic mass is 32.2. The molecule has 2 aromatic rings. The third kappa shape index (κ3) is 4.99. The average molecular weight is 365 g/mol. The first kappa shape index (κ1) is 18.9. The summed E-state index contributed by atoms with van der Waals surface area (Å²) in [6, 6.07) is 9.27. The van der Waals surface area contributed by atoms with Crippen molar-refractivity contribution in [2.24, 2.45) is 0 Å². The second kappa shape index (κ2) is 8.06. The lowest BCUT2D eigenvalue weighted by atomic mass is 10.2. The molecule has 0 fully saturated rings. The number of sulfonamides is 1. The number of nitrogens with one attached hydrogen (secondary N) is 1. The molecule has 1 aromatic heterocycles. The van der Waals surface area contributed by atoms with Gasteiger partial charge < -0.3 is 4.90 Å². The third-order valence-electron chi connectivity index (χ3n) is 3.62. The molecule has 2 rings (SSSR count). The first-order chi connectivity index (χ1) is 11.9. The maximum atomic E-state index is 12.9. The van der Waals surface area contributed by atoms with Crippen molar-refractivity contribution >= 4 is 21.7 Å². The van der Waals surface area contributed by atoms with Crippen LogP contribution in [0.15, 0.2) is 47.4 Å². The zero-order valence-electron chi connectivity index (χ0n) is 14.1. The quantitative estimate of drug-likeness (QED) is 0.817. The van der Waals surface area contributed by atoms with Crippen LogP contribution in [0.3, 0.4) is 0 Å². The van der Waals surface area contributed by atoms with Crippen LogP contribution in [-0.2, 0) is 21.2 Å². The van der Waals surface area contributed by atoms with Crippen LogP contribution in [-0.4, -0.2) is 37.3 Å². The molecule has 1 aromatic carbocycles. The van der Waals surface area contributed by atoms with Crippen LogP contribution in [0.1, 0.15) is 19.5 Å². The van der Waals surface area contributed by atoms with Gasteiger partial charge in [0.1, 0.15) is 11.6 Å². The van der Waals surface area contributed by atoms with Crippen molar-refractivity contribution in [3.05, 3.63) is 54.0 Å². The van der Waals surface area contributed by atoms with Crippen molar-refractivity contribution < 1.29 is 17.6 Å². The van der Waals surface area contributed by atoms with Crippen molar-refractivity contribution in [3.8, 4) is 0 Å². The van der Waals surface area contributed by atoms with E-state index in [1.807, 2.05) is 13.8 Å². The molecule has 134 valence electrons. The molecule has 0 unspecified atom stereocenters. The van der Waals surface area contributed by atoms with Gasteiger partial charge in [0.05, 0.1) is 17.0 Å². The van der Waals surface area contributed by atoms with E-state index >= 15 is 0 Å². The lowest BCUT2D eigenvalue weighted by molar-refractivity contribution is -0.130. The molecule has 0 aliphatic carbocycles. The molecule has 0 aliphatic heterocycles. The number of halogens is 1. The van der Waals surface area contributed by atoms with Crippen LogP contribution < -0.4 is 4.72 Å². The van der Waals surface area contributed by atoms with Crippen molar-refractivity contribution in [2.45, 2.75) is 25.2 Å². The summed E-state index contributed by atoms with van der Waals surface area (Å²) >= 11 is 0. The van der Waals surface area contributed by atoms with Gasteiger partial charge in [-0.15, -0.1) is 0 Å². The Bertz CT molecular complexity index is 834. The molecule has 6 nitrogen and oxygen atoms in total. The van der Waals surface area contributed by atoms with Gasteiger partial charge in [-0.3, -0.25) is 9.52 Å². The average Bonchev–Trinajstić information content (AvgIpc) is 2.56. The van der Waals surface area contributed by atoms with E-state index < -0.39 is 15.8 Å². The fourth-order valence-corrected chi connectivity index (χ4v) is 3.29. The standard InChI is InChI=1S/C17H20FN3O3S/c1-3-21(4-2)17(22)12-14-6-5-7-16(19-14)20-25(23,24)15-10-8-13(18)9-11-15/h5-11H,3-4,12H2,1-2H3,(H,19,20). The first-order valence-corrected chi connectivity index (χ1v) is 9.36. The van der Waals surface area contributed by atoms with Gasteiger partial charge in [0.25, 0.3) is 10.0 Å². The highest BCUT2D eigenvalue weighted by molar-refractivity contribution is 7.92. The number of nitrogens with zero attached hydrogens (tertiary/aromatic N) is 2. The lowest BCUT2D eigenvalue weighted by Crippen LogP contribution is -2.32. The van der Waals surface area contributed by atoms with E-state index in [4.69, 9.17) is 0 Å². The second-order valence-corrected chi connectivity index (χ2v) is 7.00. The van der Waals surface area contributed by atoms with Crippen molar-refractivity contribution in [1.29, 1.82) is 0 Å². The Balaban J connectivity index is 2.16. The molecule has 0 radical (unpaired) electrons. The van der Waals surface area contributed by atoms with E-state index in [1.165, 1.54) is 18.2 Å². The van der Waals surface area contributed by atoms with Gasteiger partial charge >= 0.3 is 0 Å². The Morgan fingerprint density at radius 2 is 1.76 bits per heavy atom. The summed E-state index contributed by atoms with van der Waals surface area (Å²) in [6.07, 6.45) is 0.0911. The van der Waals surface area contributed by atoms with E-state index in [1.54, 1.807) is 17.0 Å². The van der Waals surface area contributed by atoms with Crippen molar-refractivity contribution in [3.63, 3.8) is 0 Å². The summed E-state index contributed by atoms with van der Waals surface area (Å²) in [4.78, 5) is 17.9. The molecule has 0 bridgehead atoms. The fourth-order valence-electron chi connectivity index (χ4n) is 2.29. The Kier molecular flexibility index (Phi) is 6.08. The Morgan fingerprint density at radius 1 is 1.12 bits per heavy atom. The Hall–Kier alpha value is -2.48. The maximum absolute atomic E-state index is 12.9. The molecule has 0 saturated heterocycles. The van der Waals surface area contributed by atoms with Gasteiger partial charge in [0.2, 0.25) is 5.91 Å². The van der Waals surface area contributed by atoms with E-state index in [2.05, 4.69) is 9.71 Å². The largest absolute Gasteiger partial charge is 0.343 e. The molecule has 0 spiro atoms.